The smallest absolute Gasteiger partial charge is 0.261 e. The van der Waals surface area contributed by atoms with E-state index in [1.165, 1.54) is 17.7 Å². The van der Waals surface area contributed by atoms with Crippen LogP contribution in [-0.2, 0) is 11.2 Å². The predicted octanol–water partition coefficient (Wildman–Crippen LogP) is 4.42. The van der Waals surface area contributed by atoms with Crippen molar-refractivity contribution in [3.8, 4) is 5.75 Å². The summed E-state index contributed by atoms with van der Waals surface area (Å²) in [6, 6.07) is 14.1. The van der Waals surface area contributed by atoms with Crippen molar-refractivity contribution < 1.29 is 13.9 Å². The summed E-state index contributed by atoms with van der Waals surface area (Å²) < 4.78 is 19.2. The van der Waals surface area contributed by atoms with Crippen LogP contribution in [0, 0.1) is 5.82 Å². The van der Waals surface area contributed by atoms with Gasteiger partial charge in [0.05, 0.1) is 6.04 Å². The molecule has 128 valence electrons. The molecule has 0 heterocycles. The van der Waals surface area contributed by atoms with E-state index in [0.29, 0.717) is 6.42 Å². The fourth-order valence-electron chi connectivity index (χ4n) is 2.45. The number of ether oxygens (including phenoxy) is 1. The monoisotopic (exact) mass is 329 g/mol. The lowest BCUT2D eigenvalue weighted by Gasteiger charge is -2.21. The summed E-state index contributed by atoms with van der Waals surface area (Å²) in [7, 11) is 0. The van der Waals surface area contributed by atoms with Gasteiger partial charge in [0.2, 0.25) is 0 Å². The van der Waals surface area contributed by atoms with Gasteiger partial charge in [0, 0.05) is 0 Å². The van der Waals surface area contributed by atoms with Gasteiger partial charge >= 0.3 is 0 Å². The second kappa shape index (κ2) is 8.48. The lowest BCUT2D eigenvalue weighted by Crippen LogP contribution is -2.39. The maximum absolute atomic E-state index is 13.7. The van der Waals surface area contributed by atoms with Gasteiger partial charge in [-0.05, 0) is 43.0 Å². The molecular formula is C20H24FNO2. The third-order valence-electron chi connectivity index (χ3n) is 4.02. The first-order chi connectivity index (χ1) is 11.5. The molecule has 0 radical (unpaired) electrons. The molecule has 0 aliphatic carbocycles. The summed E-state index contributed by atoms with van der Waals surface area (Å²) in [6.07, 6.45) is 0.719. The Morgan fingerprint density at radius 2 is 1.79 bits per heavy atom. The van der Waals surface area contributed by atoms with Crippen LogP contribution in [0.15, 0.2) is 48.5 Å². The SMILES string of the molecule is CCc1ccc([C@@H](C)NC(=O)[C@H](CC)Oc2ccccc2F)cc1. The van der Waals surface area contributed by atoms with E-state index in [9.17, 15) is 9.18 Å². The molecule has 0 spiro atoms. The maximum Gasteiger partial charge on any atom is 0.261 e. The summed E-state index contributed by atoms with van der Waals surface area (Å²) in [4.78, 5) is 12.4. The quantitative estimate of drug-likeness (QED) is 0.816. The minimum absolute atomic E-state index is 0.0967. The highest BCUT2D eigenvalue weighted by Gasteiger charge is 2.21. The zero-order valence-electron chi connectivity index (χ0n) is 14.4. The number of carbonyl (C=O) groups excluding carboxylic acids is 1. The van der Waals surface area contributed by atoms with Crippen molar-refractivity contribution in [2.45, 2.75) is 45.8 Å². The Bertz CT molecular complexity index is 670. The van der Waals surface area contributed by atoms with Crippen molar-refractivity contribution in [3.05, 3.63) is 65.5 Å². The molecule has 0 aliphatic rings. The normalized spacial score (nSPS) is 13.2. The van der Waals surface area contributed by atoms with E-state index in [0.717, 1.165) is 12.0 Å². The van der Waals surface area contributed by atoms with Crippen LogP contribution in [0.25, 0.3) is 0 Å². The first-order valence-electron chi connectivity index (χ1n) is 8.35. The molecule has 2 aromatic carbocycles. The zero-order valence-corrected chi connectivity index (χ0v) is 14.4. The molecule has 1 amide bonds. The summed E-state index contributed by atoms with van der Waals surface area (Å²) in [5.41, 5.74) is 2.29. The molecule has 0 aromatic heterocycles. The van der Waals surface area contributed by atoms with E-state index in [2.05, 4.69) is 24.4 Å². The largest absolute Gasteiger partial charge is 0.478 e. The molecule has 24 heavy (non-hydrogen) atoms. The summed E-state index contributed by atoms with van der Waals surface area (Å²) in [5, 5.41) is 2.94. The van der Waals surface area contributed by atoms with Crippen LogP contribution in [0.3, 0.4) is 0 Å². The van der Waals surface area contributed by atoms with E-state index in [1.807, 2.05) is 26.0 Å². The van der Waals surface area contributed by atoms with Crippen molar-refractivity contribution in [1.29, 1.82) is 0 Å². The number of carbonyl (C=O) groups is 1. The summed E-state index contributed by atoms with van der Waals surface area (Å²) in [5.74, 6) is -0.612. The van der Waals surface area contributed by atoms with Gasteiger partial charge in [0.1, 0.15) is 0 Å². The van der Waals surface area contributed by atoms with E-state index in [4.69, 9.17) is 4.74 Å². The molecular weight excluding hydrogens is 305 g/mol. The second-order valence-electron chi connectivity index (χ2n) is 5.77. The molecule has 3 nitrogen and oxygen atoms in total. The topological polar surface area (TPSA) is 38.3 Å². The highest BCUT2D eigenvalue weighted by Crippen LogP contribution is 2.19. The van der Waals surface area contributed by atoms with Crippen molar-refractivity contribution in [2.75, 3.05) is 0 Å². The average molecular weight is 329 g/mol. The van der Waals surface area contributed by atoms with Gasteiger partial charge in [0.25, 0.3) is 5.91 Å². The number of hydrogen-bond donors (Lipinski definition) is 1. The Morgan fingerprint density at radius 1 is 1.12 bits per heavy atom. The van der Waals surface area contributed by atoms with Crippen LogP contribution in [0.1, 0.15) is 44.4 Å². The van der Waals surface area contributed by atoms with Gasteiger partial charge in [-0.1, -0.05) is 50.2 Å². The van der Waals surface area contributed by atoms with Crippen molar-refractivity contribution in [1.82, 2.24) is 5.32 Å². The van der Waals surface area contributed by atoms with Crippen LogP contribution in [0.2, 0.25) is 0 Å². The third kappa shape index (κ3) is 4.57. The number of para-hydroxylation sites is 1. The first kappa shape index (κ1) is 18.0. The Balaban J connectivity index is 2.01. The van der Waals surface area contributed by atoms with E-state index >= 15 is 0 Å². The third-order valence-corrected chi connectivity index (χ3v) is 4.02. The Kier molecular flexibility index (Phi) is 6.36. The molecule has 0 fully saturated rings. The molecule has 0 saturated carbocycles. The maximum atomic E-state index is 13.7. The van der Waals surface area contributed by atoms with Crippen molar-refractivity contribution >= 4 is 5.91 Å². The molecule has 1 N–H and O–H groups in total. The van der Waals surface area contributed by atoms with Crippen molar-refractivity contribution in [3.63, 3.8) is 0 Å². The van der Waals surface area contributed by atoms with Gasteiger partial charge in [-0.2, -0.15) is 0 Å². The van der Waals surface area contributed by atoms with Gasteiger partial charge in [0.15, 0.2) is 17.7 Å². The van der Waals surface area contributed by atoms with Crippen molar-refractivity contribution in [2.24, 2.45) is 0 Å². The number of nitrogens with one attached hydrogen (secondary N) is 1. The minimum Gasteiger partial charge on any atom is -0.478 e. The molecule has 0 saturated heterocycles. The Morgan fingerprint density at radius 3 is 2.38 bits per heavy atom. The molecule has 0 aliphatic heterocycles. The number of aryl methyl sites for hydroxylation is 1. The van der Waals surface area contributed by atoms with E-state index < -0.39 is 11.9 Å². The van der Waals surface area contributed by atoms with Crippen LogP contribution in [0.5, 0.6) is 5.75 Å². The predicted molar refractivity (Wildman–Crippen MR) is 93.5 cm³/mol. The first-order valence-corrected chi connectivity index (χ1v) is 8.35. The van der Waals surface area contributed by atoms with Crippen LogP contribution < -0.4 is 10.1 Å². The van der Waals surface area contributed by atoms with Gasteiger partial charge in [-0.15, -0.1) is 0 Å². The number of benzene rings is 2. The fraction of sp³-hybridized carbons (Fsp3) is 0.350. The standard InChI is InChI=1S/C20H24FNO2/c1-4-15-10-12-16(13-11-15)14(3)22-20(23)18(5-2)24-19-9-7-6-8-17(19)21/h6-14,18H,4-5H2,1-3H3,(H,22,23)/t14-,18+/m1/s1. The molecule has 2 aromatic rings. The van der Waals surface area contributed by atoms with E-state index in [-0.39, 0.29) is 17.7 Å². The Hall–Kier alpha value is -2.36. The lowest BCUT2D eigenvalue weighted by atomic mass is 10.0. The lowest BCUT2D eigenvalue weighted by molar-refractivity contribution is -0.128. The second-order valence-corrected chi connectivity index (χ2v) is 5.77. The average Bonchev–Trinajstić information content (AvgIpc) is 2.61. The summed E-state index contributed by atoms with van der Waals surface area (Å²) in [6.45, 7) is 5.87. The highest BCUT2D eigenvalue weighted by atomic mass is 19.1. The van der Waals surface area contributed by atoms with Crippen LogP contribution in [-0.4, -0.2) is 12.0 Å². The molecule has 2 atom stereocenters. The zero-order chi connectivity index (χ0) is 17.5. The number of hydrogen-bond acceptors (Lipinski definition) is 2. The van der Waals surface area contributed by atoms with Gasteiger partial charge in [-0.3, -0.25) is 4.79 Å². The van der Waals surface area contributed by atoms with Gasteiger partial charge < -0.3 is 10.1 Å². The van der Waals surface area contributed by atoms with E-state index in [1.54, 1.807) is 12.1 Å². The highest BCUT2D eigenvalue weighted by molar-refractivity contribution is 5.81. The molecule has 2 rings (SSSR count). The minimum atomic E-state index is -0.723. The molecule has 4 heteroatoms. The van der Waals surface area contributed by atoms with Crippen LogP contribution in [0.4, 0.5) is 4.39 Å². The Labute approximate surface area is 142 Å². The number of amides is 1. The number of rotatable bonds is 7. The summed E-state index contributed by atoms with van der Waals surface area (Å²) >= 11 is 0. The van der Waals surface area contributed by atoms with Crippen LogP contribution >= 0.6 is 0 Å². The van der Waals surface area contributed by atoms with Gasteiger partial charge in [-0.25, -0.2) is 4.39 Å². The number of halogens is 1. The fourth-order valence-corrected chi connectivity index (χ4v) is 2.45. The molecule has 0 bridgehead atoms. The molecule has 0 unspecified atom stereocenters.